The number of nitrogens with zero attached hydrogens (tertiary/aromatic N) is 2. The maximum absolute atomic E-state index is 12.0. The molecule has 1 aromatic heterocycles. The number of nitrogens with two attached hydrogens (primary N) is 1. The minimum absolute atomic E-state index is 0.0931. The molecule has 0 saturated carbocycles. The van der Waals surface area contributed by atoms with Crippen molar-refractivity contribution in [3.8, 4) is 0 Å². The van der Waals surface area contributed by atoms with Gasteiger partial charge in [0.05, 0.1) is 6.54 Å². The number of halogens is 1. The number of hydrogen-bond acceptors (Lipinski definition) is 3. The van der Waals surface area contributed by atoms with Crippen LogP contribution >= 0.6 is 23.8 Å². The first kappa shape index (κ1) is 14.7. The normalized spacial score (nSPS) is 10.6. The summed E-state index contributed by atoms with van der Waals surface area (Å²) in [7, 11) is 0. The second-order valence-electron chi connectivity index (χ2n) is 4.54. The van der Waals surface area contributed by atoms with Crippen molar-refractivity contribution in [2.24, 2.45) is 5.73 Å². The molecule has 20 heavy (non-hydrogen) atoms. The highest BCUT2D eigenvalue weighted by molar-refractivity contribution is 7.80. The van der Waals surface area contributed by atoms with Gasteiger partial charge in [-0.05, 0) is 25.5 Å². The van der Waals surface area contributed by atoms with Crippen LogP contribution in [0, 0.1) is 13.8 Å². The minimum Gasteiger partial charge on any atom is -0.389 e. The quantitative estimate of drug-likeness (QED) is 0.883. The van der Waals surface area contributed by atoms with E-state index >= 15 is 0 Å². The van der Waals surface area contributed by atoms with Crippen molar-refractivity contribution in [3.05, 3.63) is 62.3 Å². The molecule has 0 saturated heterocycles. The maximum atomic E-state index is 12.0. The third kappa shape index (κ3) is 3.05. The van der Waals surface area contributed by atoms with E-state index in [0.29, 0.717) is 33.6 Å². The number of aryl methyl sites for hydroxylation is 2. The summed E-state index contributed by atoms with van der Waals surface area (Å²) in [5, 5.41) is 0.530. The molecule has 0 unspecified atom stereocenters. The zero-order valence-electron chi connectivity index (χ0n) is 11.2. The first-order chi connectivity index (χ1) is 9.38. The number of aromatic nitrogens is 2. The van der Waals surface area contributed by atoms with E-state index in [1.165, 1.54) is 6.07 Å². The molecule has 6 heteroatoms. The van der Waals surface area contributed by atoms with Gasteiger partial charge in [0.15, 0.2) is 0 Å². The van der Waals surface area contributed by atoms with Gasteiger partial charge in [-0.25, -0.2) is 4.98 Å². The van der Waals surface area contributed by atoms with Gasteiger partial charge < -0.3 is 5.73 Å². The second-order valence-corrected chi connectivity index (χ2v) is 5.39. The summed E-state index contributed by atoms with van der Waals surface area (Å²) in [4.78, 5) is 16.6. The van der Waals surface area contributed by atoms with Crippen LogP contribution < -0.4 is 11.3 Å². The number of rotatable bonds is 3. The molecular formula is C14H14ClN3OS. The van der Waals surface area contributed by atoms with E-state index in [-0.39, 0.29) is 5.56 Å². The fraction of sp³-hybridized carbons (Fsp3) is 0.214. The van der Waals surface area contributed by atoms with E-state index in [4.69, 9.17) is 29.6 Å². The number of benzene rings is 1. The summed E-state index contributed by atoms with van der Waals surface area (Å²) in [6.45, 7) is 3.96. The van der Waals surface area contributed by atoms with Crippen LogP contribution in [0.5, 0.6) is 0 Å². The van der Waals surface area contributed by atoms with Gasteiger partial charge in [-0.3, -0.25) is 9.36 Å². The van der Waals surface area contributed by atoms with E-state index in [9.17, 15) is 4.79 Å². The molecule has 0 amide bonds. The highest BCUT2D eigenvalue weighted by Crippen LogP contribution is 2.19. The zero-order valence-corrected chi connectivity index (χ0v) is 12.8. The van der Waals surface area contributed by atoms with E-state index in [1.807, 2.05) is 6.07 Å². The van der Waals surface area contributed by atoms with Crippen molar-refractivity contribution in [2.45, 2.75) is 20.4 Å². The Hall–Kier alpha value is -1.72. The van der Waals surface area contributed by atoms with Gasteiger partial charge in [0.2, 0.25) is 0 Å². The first-order valence-electron chi connectivity index (χ1n) is 6.02. The van der Waals surface area contributed by atoms with Crippen LogP contribution in [0.2, 0.25) is 5.02 Å². The molecule has 0 aliphatic heterocycles. The molecule has 0 spiro atoms. The lowest BCUT2D eigenvalue weighted by atomic mass is 10.1. The molecule has 0 aliphatic rings. The van der Waals surface area contributed by atoms with Gasteiger partial charge in [0.25, 0.3) is 5.56 Å². The van der Waals surface area contributed by atoms with Crippen molar-refractivity contribution in [2.75, 3.05) is 0 Å². The summed E-state index contributed by atoms with van der Waals surface area (Å²) in [6, 6.07) is 6.83. The van der Waals surface area contributed by atoms with Crippen LogP contribution in [0.1, 0.15) is 22.6 Å². The van der Waals surface area contributed by atoms with E-state index in [0.717, 1.165) is 5.56 Å². The van der Waals surface area contributed by atoms with Gasteiger partial charge in [-0.1, -0.05) is 36.0 Å². The molecule has 2 N–H and O–H groups in total. The molecular weight excluding hydrogens is 294 g/mol. The Balaban J connectivity index is 2.41. The van der Waals surface area contributed by atoms with Gasteiger partial charge in [-0.2, -0.15) is 0 Å². The Morgan fingerprint density at radius 1 is 1.40 bits per heavy atom. The SMILES string of the molecule is Cc1cc(=O)n(Cc2ccc(C(N)=S)cc2Cl)c(C)n1. The Bertz CT molecular complexity index is 740. The van der Waals surface area contributed by atoms with Crippen LogP contribution in [-0.4, -0.2) is 14.5 Å². The smallest absolute Gasteiger partial charge is 0.254 e. The monoisotopic (exact) mass is 307 g/mol. The average molecular weight is 308 g/mol. The standard InChI is InChI=1S/C14H14ClN3OS/c1-8-5-13(19)18(9(2)17-8)7-11-4-3-10(14(16)20)6-12(11)15/h3-6H,7H2,1-2H3,(H2,16,20). The van der Waals surface area contributed by atoms with Crippen LogP contribution in [0.25, 0.3) is 0 Å². The summed E-state index contributed by atoms with van der Waals surface area (Å²) >= 11 is 11.1. The van der Waals surface area contributed by atoms with Crippen molar-refractivity contribution in [1.29, 1.82) is 0 Å². The summed E-state index contributed by atoms with van der Waals surface area (Å²) in [6.07, 6.45) is 0. The summed E-state index contributed by atoms with van der Waals surface area (Å²) in [5.74, 6) is 0.657. The van der Waals surface area contributed by atoms with E-state index < -0.39 is 0 Å². The Labute approximate surface area is 127 Å². The molecule has 2 aromatic rings. The largest absolute Gasteiger partial charge is 0.389 e. The molecule has 2 rings (SSSR count). The summed E-state index contributed by atoms with van der Waals surface area (Å²) in [5.41, 5.74) is 7.70. The molecule has 1 heterocycles. The highest BCUT2D eigenvalue weighted by atomic mass is 35.5. The molecule has 104 valence electrons. The van der Waals surface area contributed by atoms with E-state index in [1.54, 1.807) is 30.5 Å². The molecule has 1 aromatic carbocycles. The fourth-order valence-corrected chi connectivity index (χ4v) is 2.32. The first-order valence-corrected chi connectivity index (χ1v) is 6.80. The predicted molar refractivity (Wildman–Crippen MR) is 84.4 cm³/mol. The molecule has 0 bridgehead atoms. The van der Waals surface area contributed by atoms with Gasteiger partial charge in [0, 0.05) is 22.3 Å². The third-order valence-corrected chi connectivity index (χ3v) is 3.58. The van der Waals surface area contributed by atoms with Crippen molar-refractivity contribution < 1.29 is 0 Å². The topological polar surface area (TPSA) is 60.9 Å². The fourth-order valence-electron chi connectivity index (χ4n) is 1.96. The van der Waals surface area contributed by atoms with E-state index in [2.05, 4.69) is 4.98 Å². The Kier molecular flexibility index (Phi) is 4.20. The Morgan fingerprint density at radius 2 is 2.10 bits per heavy atom. The van der Waals surface area contributed by atoms with Crippen molar-refractivity contribution >= 4 is 28.8 Å². The van der Waals surface area contributed by atoms with Crippen LogP contribution in [0.4, 0.5) is 0 Å². The second kappa shape index (κ2) is 5.73. The number of thiocarbonyl (C=S) groups is 1. The average Bonchev–Trinajstić information content (AvgIpc) is 2.34. The summed E-state index contributed by atoms with van der Waals surface area (Å²) < 4.78 is 1.58. The minimum atomic E-state index is -0.0931. The van der Waals surface area contributed by atoms with Crippen molar-refractivity contribution in [3.63, 3.8) is 0 Å². The lowest BCUT2D eigenvalue weighted by molar-refractivity contribution is 0.694. The molecule has 4 nitrogen and oxygen atoms in total. The lowest BCUT2D eigenvalue weighted by Crippen LogP contribution is -2.24. The zero-order chi connectivity index (χ0) is 14.9. The van der Waals surface area contributed by atoms with Crippen molar-refractivity contribution in [1.82, 2.24) is 9.55 Å². The van der Waals surface area contributed by atoms with Crippen LogP contribution in [0.3, 0.4) is 0 Å². The predicted octanol–water partition coefficient (Wildman–Crippen LogP) is 2.20. The lowest BCUT2D eigenvalue weighted by Gasteiger charge is -2.11. The van der Waals surface area contributed by atoms with Crippen LogP contribution in [0.15, 0.2) is 29.1 Å². The van der Waals surface area contributed by atoms with Gasteiger partial charge in [-0.15, -0.1) is 0 Å². The highest BCUT2D eigenvalue weighted by Gasteiger charge is 2.08. The molecule has 0 fully saturated rings. The molecule has 0 aliphatic carbocycles. The molecule has 0 radical (unpaired) electrons. The number of hydrogen-bond donors (Lipinski definition) is 1. The van der Waals surface area contributed by atoms with Gasteiger partial charge in [0.1, 0.15) is 10.8 Å². The molecule has 0 atom stereocenters. The van der Waals surface area contributed by atoms with Gasteiger partial charge >= 0.3 is 0 Å². The third-order valence-electron chi connectivity index (χ3n) is 2.99. The maximum Gasteiger partial charge on any atom is 0.254 e. The Morgan fingerprint density at radius 3 is 2.65 bits per heavy atom. The van der Waals surface area contributed by atoms with Crippen LogP contribution in [-0.2, 0) is 6.54 Å².